The quantitative estimate of drug-likeness (QED) is 0.351. The van der Waals surface area contributed by atoms with Gasteiger partial charge in [-0.25, -0.2) is 0 Å². The second-order valence-corrected chi connectivity index (χ2v) is 13.7. The number of amides is 1. The van der Waals surface area contributed by atoms with Crippen molar-refractivity contribution >= 4 is 11.9 Å². The summed E-state index contributed by atoms with van der Waals surface area (Å²) in [5, 5.41) is 19.2. The van der Waals surface area contributed by atoms with E-state index < -0.39 is 11.4 Å². The van der Waals surface area contributed by atoms with Crippen molar-refractivity contribution in [3.63, 3.8) is 0 Å². The highest BCUT2D eigenvalue weighted by atomic mass is 16.5. The number of carboxylic acid groups (broad SMARTS) is 1. The topological polar surface area (TPSA) is 96.3 Å². The summed E-state index contributed by atoms with van der Waals surface area (Å²) >= 11 is 0. The average molecular weight is 566 g/mol. The van der Waals surface area contributed by atoms with Crippen LogP contribution in [0.3, 0.4) is 0 Å². The minimum Gasteiger partial charge on any atom is -0.508 e. The molecule has 0 bridgehead atoms. The molecule has 2 N–H and O–H groups in total. The summed E-state index contributed by atoms with van der Waals surface area (Å²) in [7, 11) is 0. The van der Waals surface area contributed by atoms with Crippen molar-refractivity contribution in [3.05, 3.63) is 59.7 Å². The number of carboxylic acids is 1. The fourth-order valence-corrected chi connectivity index (χ4v) is 6.49. The Morgan fingerprint density at radius 3 is 2.20 bits per heavy atom. The lowest BCUT2D eigenvalue weighted by Crippen LogP contribution is -2.47. The van der Waals surface area contributed by atoms with E-state index in [1.807, 2.05) is 62.1 Å². The summed E-state index contributed by atoms with van der Waals surface area (Å²) in [6.45, 7) is 11.9. The number of hydrogen-bond acceptors (Lipinski definition) is 5. The summed E-state index contributed by atoms with van der Waals surface area (Å²) in [5.41, 5.74) is 1.25. The largest absolute Gasteiger partial charge is 0.508 e. The van der Waals surface area contributed by atoms with Gasteiger partial charge in [-0.2, -0.15) is 0 Å². The minimum absolute atomic E-state index is 0.0372. The van der Waals surface area contributed by atoms with Gasteiger partial charge in [-0.05, 0) is 94.2 Å². The van der Waals surface area contributed by atoms with Crippen LogP contribution in [0.4, 0.5) is 0 Å². The Morgan fingerprint density at radius 2 is 1.63 bits per heavy atom. The van der Waals surface area contributed by atoms with E-state index >= 15 is 0 Å². The van der Waals surface area contributed by atoms with E-state index in [4.69, 9.17) is 9.47 Å². The molecule has 224 valence electrons. The number of aromatic hydroxyl groups is 1. The van der Waals surface area contributed by atoms with Crippen molar-refractivity contribution in [2.24, 2.45) is 11.3 Å². The van der Waals surface area contributed by atoms with Gasteiger partial charge in [0.25, 0.3) is 0 Å². The van der Waals surface area contributed by atoms with Crippen molar-refractivity contribution < 1.29 is 29.3 Å². The second-order valence-electron chi connectivity index (χ2n) is 13.7. The lowest BCUT2D eigenvalue weighted by atomic mass is 9.67. The number of carbonyl (C=O) groups is 2. The Kier molecular flexibility index (Phi) is 9.37. The van der Waals surface area contributed by atoms with Gasteiger partial charge in [0.2, 0.25) is 5.91 Å². The van der Waals surface area contributed by atoms with Crippen LogP contribution in [0.15, 0.2) is 48.5 Å². The van der Waals surface area contributed by atoms with E-state index in [0.717, 1.165) is 43.4 Å². The first kappa shape index (κ1) is 30.9. The summed E-state index contributed by atoms with van der Waals surface area (Å²) in [4.78, 5) is 26.9. The van der Waals surface area contributed by atoms with Gasteiger partial charge in [-0.1, -0.05) is 45.0 Å². The molecule has 4 rings (SSSR count). The second kappa shape index (κ2) is 12.4. The van der Waals surface area contributed by atoms with Crippen LogP contribution in [0.5, 0.6) is 11.5 Å². The van der Waals surface area contributed by atoms with Crippen molar-refractivity contribution in [1.29, 1.82) is 0 Å². The fourth-order valence-electron chi connectivity index (χ4n) is 6.49. The highest BCUT2D eigenvalue weighted by molar-refractivity contribution is 5.81. The van der Waals surface area contributed by atoms with Crippen LogP contribution in [0.2, 0.25) is 0 Å². The van der Waals surface area contributed by atoms with Gasteiger partial charge in [0, 0.05) is 30.5 Å². The third kappa shape index (κ3) is 8.03. The lowest BCUT2D eigenvalue weighted by Gasteiger charge is -2.46. The Bertz CT molecular complexity index is 1180. The first-order valence-electron chi connectivity index (χ1n) is 15.0. The molecule has 1 unspecified atom stereocenters. The van der Waals surface area contributed by atoms with Crippen LogP contribution in [0.1, 0.15) is 90.7 Å². The van der Waals surface area contributed by atoms with Gasteiger partial charge in [-0.15, -0.1) is 0 Å². The maximum atomic E-state index is 13.7. The smallest absolute Gasteiger partial charge is 0.306 e. The van der Waals surface area contributed by atoms with E-state index in [-0.39, 0.29) is 34.7 Å². The van der Waals surface area contributed by atoms with Crippen molar-refractivity contribution in [3.8, 4) is 11.5 Å². The summed E-state index contributed by atoms with van der Waals surface area (Å²) in [6.07, 6.45) is 5.33. The number of aliphatic carboxylic acids is 1. The molecule has 0 aromatic heterocycles. The van der Waals surface area contributed by atoms with E-state index in [0.29, 0.717) is 32.5 Å². The molecular formula is C34H47NO6. The summed E-state index contributed by atoms with van der Waals surface area (Å²) < 4.78 is 12.2. The Morgan fingerprint density at radius 1 is 1.00 bits per heavy atom. The third-order valence-corrected chi connectivity index (χ3v) is 8.73. The van der Waals surface area contributed by atoms with Gasteiger partial charge < -0.3 is 24.6 Å². The highest BCUT2D eigenvalue weighted by Crippen LogP contribution is 2.44. The van der Waals surface area contributed by atoms with Crippen LogP contribution in [0, 0.1) is 11.3 Å². The maximum absolute atomic E-state index is 13.7. The highest BCUT2D eigenvalue weighted by Gasteiger charge is 2.42. The van der Waals surface area contributed by atoms with Gasteiger partial charge in [0.1, 0.15) is 11.5 Å². The number of ether oxygens (including phenoxy) is 2. The monoisotopic (exact) mass is 565 g/mol. The lowest BCUT2D eigenvalue weighted by molar-refractivity contribution is -0.143. The van der Waals surface area contributed by atoms with Crippen LogP contribution >= 0.6 is 0 Å². The van der Waals surface area contributed by atoms with Gasteiger partial charge in [0.15, 0.2) is 0 Å². The zero-order chi connectivity index (χ0) is 29.8. The number of carbonyl (C=O) groups excluding carboxylic acids is 1. The standard InChI is InChI=1S/C34H47NO6/c1-32(2,3)31(39)35(20-18-34(19-21-40-33(4,5)23-34)26-10-12-27(36)13-11-26)22-24-6-14-28(15-7-24)41-29-16-8-25(9-17-29)30(37)38/h6-7,10-15,25,29,36H,8-9,16-23H2,1-5H3,(H,37,38)/t25-,29-,34?. The number of benzene rings is 2. The van der Waals surface area contributed by atoms with Crippen LogP contribution in [-0.2, 0) is 26.3 Å². The van der Waals surface area contributed by atoms with E-state index in [2.05, 4.69) is 13.8 Å². The Balaban J connectivity index is 1.47. The molecule has 1 saturated heterocycles. The molecule has 0 radical (unpaired) electrons. The molecule has 2 fully saturated rings. The number of phenolic OH excluding ortho intramolecular Hbond substituents is 1. The zero-order valence-corrected chi connectivity index (χ0v) is 25.3. The molecular weight excluding hydrogens is 518 g/mol. The number of nitrogens with zero attached hydrogens (tertiary/aromatic N) is 1. The minimum atomic E-state index is -0.711. The van der Waals surface area contributed by atoms with Crippen LogP contribution in [0.25, 0.3) is 0 Å². The molecule has 0 spiro atoms. The first-order valence-corrected chi connectivity index (χ1v) is 15.0. The van der Waals surface area contributed by atoms with E-state index in [9.17, 15) is 19.8 Å². The molecule has 7 heteroatoms. The summed E-state index contributed by atoms with van der Waals surface area (Å²) in [5.74, 6) is 0.165. The summed E-state index contributed by atoms with van der Waals surface area (Å²) in [6, 6.07) is 15.5. The molecule has 2 aliphatic rings. The average Bonchev–Trinajstić information content (AvgIpc) is 2.91. The van der Waals surface area contributed by atoms with Gasteiger partial charge in [-0.3, -0.25) is 9.59 Å². The maximum Gasteiger partial charge on any atom is 0.306 e. The van der Waals surface area contributed by atoms with Gasteiger partial charge >= 0.3 is 5.97 Å². The van der Waals surface area contributed by atoms with Gasteiger partial charge in [0.05, 0.1) is 17.6 Å². The van der Waals surface area contributed by atoms with E-state index in [1.165, 1.54) is 5.56 Å². The molecule has 1 atom stereocenters. The number of hydrogen-bond donors (Lipinski definition) is 2. The van der Waals surface area contributed by atoms with Crippen LogP contribution in [-0.4, -0.2) is 51.8 Å². The molecule has 1 saturated carbocycles. The molecule has 1 aliphatic heterocycles. The normalized spacial score (nSPS) is 24.4. The SMILES string of the molecule is CC1(C)CC(CCN(Cc2ccc(O[C@H]3CC[C@H](C(=O)O)CC3)cc2)C(=O)C(C)(C)C)(c2ccc(O)cc2)CCO1. The molecule has 1 amide bonds. The molecule has 7 nitrogen and oxygen atoms in total. The Hall–Kier alpha value is -3.06. The molecule has 1 heterocycles. The first-order chi connectivity index (χ1) is 19.3. The van der Waals surface area contributed by atoms with Crippen molar-refractivity contribution in [2.45, 2.75) is 103 Å². The molecule has 41 heavy (non-hydrogen) atoms. The number of rotatable bonds is 9. The molecule has 2 aromatic carbocycles. The predicted octanol–water partition coefficient (Wildman–Crippen LogP) is 6.71. The fraction of sp³-hybridized carbons (Fsp3) is 0.588. The Labute approximate surface area is 244 Å². The van der Waals surface area contributed by atoms with E-state index in [1.54, 1.807) is 12.1 Å². The predicted molar refractivity (Wildman–Crippen MR) is 159 cm³/mol. The van der Waals surface area contributed by atoms with Crippen LogP contribution < -0.4 is 4.74 Å². The molecule has 2 aromatic rings. The third-order valence-electron chi connectivity index (χ3n) is 8.73. The zero-order valence-electron chi connectivity index (χ0n) is 25.3. The van der Waals surface area contributed by atoms with Crippen molar-refractivity contribution in [1.82, 2.24) is 4.90 Å². The molecule has 1 aliphatic carbocycles. The number of phenols is 1. The van der Waals surface area contributed by atoms with Crippen molar-refractivity contribution in [2.75, 3.05) is 13.2 Å².